The Morgan fingerprint density at radius 3 is 2.84 bits per heavy atom. The Kier molecular flexibility index (Phi) is 3.03. The fourth-order valence-electron chi connectivity index (χ4n) is 2.33. The first-order chi connectivity index (χ1) is 9.29. The van der Waals surface area contributed by atoms with Crippen molar-refractivity contribution in [1.82, 2.24) is 9.97 Å². The highest BCUT2D eigenvalue weighted by atomic mass is 15.0. The van der Waals surface area contributed by atoms with E-state index >= 15 is 0 Å². The molecule has 0 bridgehead atoms. The van der Waals surface area contributed by atoms with Crippen LogP contribution < -0.4 is 5.32 Å². The molecule has 0 saturated carbocycles. The summed E-state index contributed by atoms with van der Waals surface area (Å²) in [6.07, 6.45) is 4.80. The minimum atomic E-state index is 0.947. The van der Waals surface area contributed by atoms with E-state index in [1.807, 2.05) is 18.5 Å². The summed E-state index contributed by atoms with van der Waals surface area (Å²) in [6.45, 7) is 5.20. The second-order valence-corrected chi connectivity index (χ2v) is 4.81. The average molecular weight is 251 g/mol. The molecule has 2 heterocycles. The van der Waals surface area contributed by atoms with Gasteiger partial charge in [0.25, 0.3) is 0 Å². The van der Waals surface area contributed by atoms with Crippen molar-refractivity contribution in [2.45, 2.75) is 20.3 Å². The molecule has 3 heteroatoms. The van der Waals surface area contributed by atoms with Gasteiger partial charge in [0, 0.05) is 29.7 Å². The maximum atomic E-state index is 4.79. The molecule has 3 nitrogen and oxygen atoms in total. The van der Waals surface area contributed by atoms with Crippen molar-refractivity contribution < 1.29 is 0 Å². The minimum absolute atomic E-state index is 0.947. The number of pyridine rings is 2. The average Bonchev–Trinajstić information content (AvgIpc) is 2.45. The van der Waals surface area contributed by atoms with Crippen molar-refractivity contribution in [1.29, 1.82) is 0 Å². The third-order valence-corrected chi connectivity index (χ3v) is 3.34. The van der Waals surface area contributed by atoms with Crippen LogP contribution in [0.25, 0.3) is 21.7 Å². The first kappa shape index (κ1) is 11.9. The number of nitrogens with zero attached hydrogens (tertiary/aromatic N) is 2. The summed E-state index contributed by atoms with van der Waals surface area (Å²) in [4.78, 5) is 9.01. The molecule has 3 aromatic rings. The number of aromatic nitrogens is 2. The van der Waals surface area contributed by atoms with Gasteiger partial charge >= 0.3 is 0 Å². The Labute approximate surface area is 112 Å². The molecule has 0 unspecified atom stereocenters. The molecular weight excluding hydrogens is 234 g/mol. The molecule has 19 heavy (non-hydrogen) atoms. The Balaban J connectivity index is 2.25. The van der Waals surface area contributed by atoms with Gasteiger partial charge in [0.05, 0.1) is 5.52 Å². The number of anilines is 1. The molecule has 0 spiro atoms. The summed E-state index contributed by atoms with van der Waals surface area (Å²) in [5.74, 6) is 0.978. The third kappa shape index (κ3) is 2.12. The Hall–Kier alpha value is -2.16. The molecule has 3 rings (SSSR count). The number of hydrogen-bond donors (Lipinski definition) is 1. The van der Waals surface area contributed by atoms with Crippen molar-refractivity contribution >= 4 is 27.5 Å². The number of fused-ring (bicyclic) bond motifs is 3. The van der Waals surface area contributed by atoms with Gasteiger partial charge in [0.2, 0.25) is 0 Å². The van der Waals surface area contributed by atoms with Gasteiger partial charge in [-0.15, -0.1) is 0 Å². The molecule has 0 aliphatic rings. The van der Waals surface area contributed by atoms with E-state index in [1.165, 1.54) is 16.3 Å². The number of rotatable bonds is 3. The van der Waals surface area contributed by atoms with Crippen molar-refractivity contribution in [2.24, 2.45) is 0 Å². The topological polar surface area (TPSA) is 37.8 Å². The summed E-state index contributed by atoms with van der Waals surface area (Å²) in [6, 6.07) is 8.46. The number of benzene rings is 1. The van der Waals surface area contributed by atoms with Gasteiger partial charge in [-0.2, -0.15) is 0 Å². The Bertz CT molecular complexity index is 734. The smallest absolute Gasteiger partial charge is 0.129 e. The van der Waals surface area contributed by atoms with Crippen LogP contribution in [0.4, 0.5) is 5.82 Å². The van der Waals surface area contributed by atoms with E-state index in [1.54, 1.807) is 0 Å². The molecule has 0 aliphatic heterocycles. The van der Waals surface area contributed by atoms with Crippen LogP contribution in [-0.2, 0) is 0 Å². The van der Waals surface area contributed by atoms with Crippen LogP contribution in [0.15, 0.2) is 36.7 Å². The fraction of sp³-hybridized carbons (Fsp3) is 0.250. The summed E-state index contributed by atoms with van der Waals surface area (Å²) < 4.78 is 0. The quantitative estimate of drug-likeness (QED) is 0.717. The van der Waals surface area contributed by atoms with E-state index in [9.17, 15) is 0 Å². The number of hydrogen-bond acceptors (Lipinski definition) is 3. The molecule has 2 aromatic heterocycles. The predicted octanol–water partition coefficient (Wildman–Crippen LogP) is 3.91. The fourth-order valence-corrected chi connectivity index (χ4v) is 2.33. The molecular formula is C16H17N3. The lowest BCUT2D eigenvalue weighted by Crippen LogP contribution is -2.04. The summed E-state index contributed by atoms with van der Waals surface area (Å²) in [5.41, 5.74) is 2.21. The van der Waals surface area contributed by atoms with Gasteiger partial charge in [-0.25, -0.2) is 4.98 Å². The highest BCUT2D eigenvalue weighted by molar-refractivity contribution is 6.05. The van der Waals surface area contributed by atoms with Crippen molar-refractivity contribution in [2.75, 3.05) is 11.9 Å². The standard InChI is InChI=1S/C16H17N3/c1-3-7-18-16-11(2)9-13-5-4-12-6-8-17-10-14(12)15(13)19-16/h4-6,8-10H,3,7H2,1-2H3,(H,18,19). The lowest BCUT2D eigenvalue weighted by molar-refractivity contribution is 0.968. The van der Waals surface area contributed by atoms with Crippen LogP contribution in [0.5, 0.6) is 0 Å². The molecule has 0 fully saturated rings. The molecule has 0 saturated heterocycles. The number of nitrogens with one attached hydrogen (secondary N) is 1. The van der Waals surface area contributed by atoms with Crippen LogP contribution in [0, 0.1) is 6.92 Å². The van der Waals surface area contributed by atoms with Crippen LogP contribution in [-0.4, -0.2) is 16.5 Å². The molecule has 0 amide bonds. The largest absolute Gasteiger partial charge is 0.370 e. The third-order valence-electron chi connectivity index (χ3n) is 3.34. The second kappa shape index (κ2) is 4.84. The van der Waals surface area contributed by atoms with Gasteiger partial charge in [-0.1, -0.05) is 19.1 Å². The first-order valence-corrected chi connectivity index (χ1v) is 6.67. The van der Waals surface area contributed by atoms with Crippen molar-refractivity contribution in [3.05, 3.63) is 42.2 Å². The predicted molar refractivity (Wildman–Crippen MR) is 80.6 cm³/mol. The number of aryl methyl sites for hydroxylation is 1. The van der Waals surface area contributed by atoms with Gasteiger partial charge in [0.1, 0.15) is 5.82 Å². The van der Waals surface area contributed by atoms with E-state index in [0.717, 1.165) is 29.7 Å². The van der Waals surface area contributed by atoms with E-state index in [2.05, 4.69) is 42.3 Å². The minimum Gasteiger partial charge on any atom is -0.370 e. The highest BCUT2D eigenvalue weighted by Crippen LogP contribution is 2.26. The van der Waals surface area contributed by atoms with Gasteiger partial charge in [0.15, 0.2) is 0 Å². The van der Waals surface area contributed by atoms with Crippen LogP contribution in [0.1, 0.15) is 18.9 Å². The van der Waals surface area contributed by atoms with E-state index < -0.39 is 0 Å². The lowest BCUT2D eigenvalue weighted by atomic mass is 10.1. The highest BCUT2D eigenvalue weighted by Gasteiger charge is 2.06. The summed E-state index contributed by atoms with van der Waals surface area (Å²) in [5, 5.41) is 6.85. The zero-order valence-electron chi connectivity index (χ0n) is 11.3. The summed E-state index contributed by atoms with van der Waals surface area (Å²) >= 11 is 0. The SMILES string of the molecule is CCCNc1nc2c(ccc3ccncc32)cc1C. The monoisotopic (exact) mass is 251 g/mol. The first-order valence-electron chi connectivity index (χ1n) is 6.67. The van der Waals surface area contributed by atoms with Crippen LogP contribution >= 0.6 is 0 Å². The van der Waals surface area contributed by atoms with E-state index in [4.69, 9.17) is 4.98 Å². The van der Waals surface area contributed by atoms with Crippen LogP contribution in [0.2, 0.25) is 0 Å². The molecule has 0 atom stereocenters. The molecule has 0 aliphatic carbocycles. The van der Waals surface area contributed by atoms with Gasteiger partial charge in [-0.3, -0.25) is 4.98 Å². The van der Waals surface area contributed by atoms with Crippen LogP contribution in [0.3, 0.4) is 0 Å². The molecule has 96 valence electrons. The zero-order valence-corrected chi connectivity index (χ0v) is 11.3. The van der Waals surface area contributed by atoms with E-state index in [0.29, 0.717) is 0 Å². The Morgan fingerprint density at radius 1 is 1.16 bits per heavy atom. The molecule has 1 aromatic carbocycles. The maximum Gasteiger partial charge on any atom is 0.129 e. The Morgan fingerprint density at radius 2 is 2.00 bits per heavy atom. The summed E-state index contributed by atoms with van der Waals surface area (Å²) in [7, 11) is 0. The van der Waals surface area contributed by atoms with E-state index in [-0.39, 0.29) is 0 Å². The molecule has 0 radical (unpaired) electrons. The van der Waals surface area contributed by atoms with Gasteiger partial charge < -0.3 is 5.32 Å². The van der Waals surface area contributed by atoms with Crippen molar-refractivity contribution in [3.8, 4) is 0 Å². The van der Waals surface area contributed by atoms with Gasteiger partial charge in [-0.05, 0) is 36.4 Å². The zero-order chi connectivity index (χ0) is 13.2. The normalized spacial score (nSPS) is 11.1. The lowest BCUT2D eigenvalue weighted by Gasteiger charge is -2.10. The molecule has 1 N–H and O–H groups in total. The maximum absolute atomic E-state index is 4.79. The second-order valence-electron chi connectivity index (χ2n) is 4.81. The van der Waals surface area contributed by atoms with Crippen molar-refractivity contribution in [3.63, 3.8) is 0 Å².